The Labute approximate surface area is 170 Å². The summed E-state index contributed by atoms with van der Waals surface area (Å²) in [6, 6.07) is 18.0. The van der Waals surface area contributed by atoms with Gasteiger partial charge < -0.3 is 20.3 Å². The van der Waals surface area contributed by atoms with Crippen LogP contribution in [0.1, 0.15) is 23.1 Å². The lowest BCUT2D eigenvalue weighted by Gasteiger charge is -2.29. The minimum atomic E-state index is 0.611. The standard InChI is InChI=1S/C24H35N3O/c1-26(2)12-11-23(17-20-3-5-22(19-25)6-4-20)18-21-7-9-24(10-8-21)27-13-15-28-16-14-27/h3-10,23H,11-19,25H2,1-2H3. The summed E-state index contributed by atoms with van der Waals surface area (Å²) in [7, 11) is 4.31. The zero-order valence-electron chi connectivity index (χ0n) is 17.4. The average Bonchev–Trinajstić information content (AvgIpc) is 2.74. The van der Waals surface area contributed by atoms with Crippen molar-refractivity contribution < 1.29 is 4.74 Å². The molecule has 2 aromatic rings. The number of morpholine rings is 1. The van der Waals surface area contributed by atoms with Crippen LogP contribution in [0.3, 0.4) is 0 Å². The van der Waals surface area contributed by atoms with E-state index in [1.54, 1.807) is 0 Å². The summed E-state index contributed by atoms with van der Waals surface area (Å²) in [5, 5.41) is 0. The lowest BCUT2D eigenvalue weighted by Crippen LogP contribution is -2.36. The SMILES string of the molecule is CN(C)CCC(Cc1ccc(CN)cc1)Cc1ccc(N2CCOCC2)cc1. The Balaban J connectivity index is 1.63. The van der Waals surface area contributed by atoms with E-state index < -0.39 is 0 Å². The topological polar surface area (TPSA) is 41.7 Å². The van der Waals surface area contributed by atoms with Crippen molar-refractivity contribution >= 4 is 5.69 Å². The summed E-state index contributed by atoms with van der Waals surface area (Å²) in [5.74, 6) is 0.639. The van der Waals surface area contributed by atoms with Crippen LogP contribution in [0.2, 0.25) is 0 Å². The van der Waals surface area contributed by atoms with Gasteiger partial charge in [0.05, 0.1) is 13.2 Å². The van der Waals surface area contributed by atoms with Gasteiger partial charge in [0.2, 0.25) is 0 Å². The number of ether oxygens (including phenoxy) is 1. The molecule has 4 heteroatoms. The molecule has 0 saturated carbocycles. The van der Waals surface area contributed by atoms with Crippen LogP contribution < -0.4 is 10.6 Å². The first-order chi connectivity index (χ1) is 13.6. The summed E-state index contributed by atoms with van der Waals surface area (Å²) in [6.07, 6.45) is 3.44. The maximum absolute atomic E-state index is 5.73. The molecule has 1 unspecified atom stereocenters. The maximum Gasteiger partial charge on any atom is 0.0642 e. The minimum Gasteiger partial charge on any atom is -0.378 e. The molecule has 0 aliphatic carbocycles. The summed E-state index contributed by atoms with van der Waals surface area (Å²) in [4.78, 5) is 4.70. The maximum atomic E-state index is 5.73. The fourth-order valence-electron chi connectivity index (χ4n) is 3.86. The predicted molar refractivity (Wildman–Crippen MR) is 118 cm³/mol. The van der Waals surface area contributed by atoms with Crippen molar-refractivity contribution in [1.82, 2.24) is 4.90 Å². The second-order valence-electron chi connectivity index (χ2n) is 8.15. The Morgan fingerprint density at radius 3 is 1.96 bits per heavy atom. The van der Waals surface area contributed by atoms with E-state index in [9.17, 15) is 0 Å². The van der Waals surface area contributed by atoms with Gasteiger partial charge in [0.15, 0.2) is 0 Å². The molecule has 0 aromatic heterocycles. The smallest absolute Gasteiger partial charge is 0.0642 e. The van der Waals surface area contributed by atoms with Crippen LogP contribution >= 0.6 is 0 Å². The van der Waals surface area contributed by atoms with Crippen LogP contribution in [0.15, 0.2) is 48.5 Å². The van der Waals surface area contributed by atoms with Gasteiger partial charge in [-0.05, 0) is 74.6 Å². The molecule has 2 N–H and O–H groups in total. The van der Waals surface area contributed by atoms with Gasteiger partial charge >= 0.3 is 0 Å². The van der Waals surface area contributed by atoms with E-state index in [2.05, 4.69) is 72.4 Å². The van der Waals surface area contributed by atoms with Crippen LogP contribution in [0.5, 0.6) is 0 Å². The lowest BCUT2D eigenvalue weighted by atomic mass is 9.89. The zero-order chi connectivity index (χ0) is 19.8. The first-order valence-electron chi connectivity index (χ1n) is 10.5. The lowest BCUT2D eigenvalue weighted by molar-refractivity contribution is 0.122. The monoisotopic (exact) mass is 381 g/mol. The fourth-order valence-corrected chi connectivity index (χ4v) is 3.86. The first-order valence-corrected chi connectivity index (χ1v) is 10.5. The molecule has 0 radical (unpaired) electrons. The van der Waals surface area contributed by atoms with E-state index in [4.69, 9.17) is 10.5 Å². The molecular formula is C24H35N3O. The summed E-state index contributed by atoms with van der Waals surface area (Å²) >= 11 is 0. The van der Waals surface area contributed by atoms with Gasteiger partial charge in [-0.1, -0.05) is 36.4 Å². The summed E-state index contributed by atoms with van der Waals surface area (Å²) in [6.45, 7) is 5.37. The quantitative estimate of drug-likeness (QED) is 0.723. The van der Waals surface area contributed by atoms with Crippen molar-refractivity contribution in [3.63, 3.8) is 0 Å². The molecule has 0 amide bonds. The Hall–Kier alpha value is -1.88. The Kier molecular flexibility index (Phi) is 7.90. The minimum absolute atomic E-state index is 0.611. The molecule has 3 rings (SSSR count). The number of hydrogen-bond acceptors (Lipinski definition) is 4. The molecule has 152 valence electrons. The highest BCUT2D eigenvalue weighted by Crippen LogP contribution is 2.22. The van der Waals surface area contributed by atoms with Crippen molar-refractivity contribution in [2.45, 2.75) is 25.8 Å². The molecule has 4 nitrogen and oxygen atoms in total. The van der Waals surface area contributed by atoms with E-state index in [1.807, 2.05) is 0 Å². The Morgan fingerprint density at radius 1 is 0.893 bits per heavy atom. The van der Waals surface area contributed by atoms with E-state index in [-0.39, 0.29) is 0 Å². The molecule has 1 saturated heterocycles. The molecule has 0 spiro atoms. The number of rotatable bonds is 9. The van der Waals surface area contributed by atoms with Gasteiger partial charge in [0, 0.05) is 25.3 Å². The van der Waals surface area contributed by atoms with Crippen molar-refractivity contribution in [3.8, 4) is 0 Å². The zero-order valence-corrected chi connectivity index (χ0v) is 17.4. The van der Waals surface area contributed by atoms with E-state index in [1.165, 1.54) is 28.8 Å². The van der Waals surface area contributed by atoms with Crippen molar-refractivity contribution in [3.05, 3.63) is 65.2 Å². The summed E-state index contributed by atoms with van der Waals surface area (Å²) < 4.78 is 5.46. The van der Waals surface area contributed by atoms with Gasteiger partial charge in [-0.25, -0.2) is 0 Å². The van der Waals surface area contributed by atoms with E-state index in [0.717, 1.165) is 45.7 Å². The van der Waals surface area contributed by atoms with Crippen LogP contribution in [0.25, 0.3) is 0 Å². The fraction of sp³-hybridized carbons (Fsp3) is 0.500. The predicted octanol–water partition coefficient (Wildman–Crippen LogP) is 3.34. The van der Waals surface area contributed by atoms with Crippen molar-refractivity contribution in [2.75, 3.05) is 51.8 Å². The molecule has 2 aromatic carbocycles. The number of anilines is 1. The van der Waals surface area contributed by atoms with Crippen LogP contribution in [-0.4, -0.2) is 51.8 Å². The normalized spacial score (nSPS) is 15.8. The third kappa shape index (κ3) is 6.33. The number of nitrogens with two attached hydrogens (primary N) is 1. The third-order valence-corrected chi connectivity index (χ3v) is 5.60. The Bertz CT molecular complexity index is 691. The molecule has 1 fully saturated rings. The molecule has 28 heavy (non-hydrogen) atoms. The molecule has 1 atom stereocenters. The molecule has 1 aliphatic rings. The van der Waals surface area contributed by atoms with Gasteiger partial charge in [-0.2, -0.15) is 0 Å². The molecule has 0 bridgehead atoms. The Morgan fingerprint density at radius 2 is 1.43 bits per heavy atom. The van der Waals surface area contributed by atoms with E-state index in [0.29, 0.717) is 12.5 Å². The van der Waals surface area contributed by atoms with Crippen LogP contribution in [0.4, 0.5) is 5.69 Å². The van der Waals surface area contributed by atoms with Gasteiger partial charge in [-0.3, -0.25) is 0 Å². The van der Waals surface area contributed by atoms with Crippen LogP contribution in [0, 0.1) is 5.92 Å². The first kappa shape index (κ1) is 20.8. The summed E-state index contributed by atoms with van der Waals surface area (Å²) in [5.41, 5.74) is 11.1. The van der Waals surface area contributed by atoms with E-state index >= 15 is 0 Å². The van der Waals surface area contributed by atoms with Gasteiger partial charge in [-0.15, -0.1) is 0 Å². The molecule has 1 heterocycles. The molecular weight excluding hydrogens is 346 g/mol. The third-order valence-electron chi connectivity index (χ3n) is 5.60. The number of nitrogens with zero attached hydrogens (tertiary/aromatic N) is 2. The largest absolute Gasteiger partial charge is 0.378 e. The number of hydrogen-bond donors (Lipinski definition) is 1. The molecule has 1 aliphatic heterocycles. The average molecular weight is 382 g/mol. The van der Waals surface area contributed by atoms with Crippen molar-refractivity contribution in [1.29, 1.82) is 0 Å². The highest BCUT2D eigenvalue weighted by Gasteiger charge is 2.14. The highest BCUT2D eigenvalue weighted by atomic mass is 16.5. The number of benzene rings is 2. The second-order valence-corrected chi connectivity index (χ2v) is 8.15. The van der Waals surface area contributed by atoms with Gasteiger partial charge in [0.25, 0.3) is 0 Å². The highest BCUT2D eigenvalue weighted by molar-refractivity contribution is 5.48. The van der Waals surface area contributed by atoms with Gasteiger partial charge in [0.1, 0.15) is 0 Å². The second kappa shape index (κ2) is 10.6. The van der Waals surface area contributed by atoms with Crippen molar-refractivity contribution in [2.24, 2.45) is 11.7 Å². The van der Waals surface area contributed by atoms with Crippen LogP contribution in [-0.2, 0) is 24.1 Å².